The van der Waals surface area contributed by atoms with Gasteiger partial charge in [0.15, 0.2) is 0 Å². The van der Waals surface area contributed by atoms with Crippen LogP contribution in [0.2, 0.25) is 5.02 Å². The molecule has 3 heterocycles. The zero-order chi connectivity index (χ0) is 21.2. The van der Waals surface area contributed by atoms with Crippen molar-refractivity contribution in [3.8, 4) is 16.9 Å². The number of likely N-dealkylation sites (N-methyl/N-ethyl adjacent to an activating group) is 2. The molecule has 1 fully saturated rings. The van der Waals surface area contributed by atoms with E-state index in [0.29, 0.717) is 16.8 Å². The number of halogens is 1. The van der Waals surface area contributed by atoms with Crippen LogP contribution in [0.1, 0.15) is 11.6 Å². The molecule has 2 aliphatic rings. The molecule has 7 nitrogen and oxygen atoms in total. The molecule has 1 atom stereocenters. The number of aryl methyl sites for hydroxylation is 1. The van der Waals surface area contributed by atoms with E-state index in [0.717, 1.165) is 27.4 Å². The summed E-state index contributed by atoms with van der Waals surface area (Å²) in [6.45, 7) is 2.03. The third-order valence-electron chi connectivity index (χ3n) is 5.55. The van der Waals surface area contributed by atoms with Crippen LogP contribution in [0.15, 0.2) is 59.7 Å². The van der Waals surface area contributed by atoms with Crippen molar-refractivity contribution >= 4 is 35.3 Å². The van der Waals surface area contributed by atoms with Gasteiger partial charge in [-0.1, -0.05) is 28.7 Å². The fraction of sp³-hybridized carbons (Fsp3) is 0.182. The first-order chi connectivity index (χ1) is 14.4. The van der Waals surface area contributed by atoms with Crippen molar-refractivity contribution in [2.24, 2.45) is 4.99 Å². The summed E-state index contributed by atoms with van der Waals surface area (Å²) in [7, 11) is 3.13. The number of fused-ring (bicyclic) bond motifs is 3. The van der Waals surface area contributed by atoms with Crippen LogP contribution in [-0.4, -0.2) is 46.2 Å². The molecule has 30 heavy (non-hydrogen) atoms. The lowest BCUT2D eigenvalue weighted by Crippen LogP contribution is -2.61. The Morgan fingerprint density at radius 2 is 1.77 bits per heavy atom. The maximum absolute atomic E-state index is 13.0. The third-order valence-corrected chi connectivity index (χ3v) is 5.80. The van der Waals surface area contributed by atoms with Crippen LogP contribution in [0.25, 0.3) is 16.9 Å². The number of urea groups is 1. The molecule has 0 N–H and O–H groups in total. The number of carbonyl (C=O) groups is 2. The molecule has 0 saturated carbocycles. The summed E-state index contributed by atoms with van der Waals surface area (Å²) in [6, 6.07) is 14.6. The van der Waals surface area contributed by atoms with E-state index in [1.807, 2.05) is 64.7 Å². The van der Waals surface area contributed by atoms with E-state index in [4.69, 9.17) is 16.6 Å². The molecular weight excluding hydrogens is 402 g/mol. The van der Waals surface area contributed by atoms with Crippen molar-refractivity contribution in [2.45, 2.75) is 13.0 Å². The smallest absolute Gasteiger partial charge is 0.270 e. The molecule has 8 heteroatoms. The fourth-order valence-corrected chi connectivity index (χ4v) is 4.12. The largest absolute Gasteiger partial charge is 0.407 e. The highest BCUT2D eigenvalue weighted by atomic mass is 35.5. The number of carbonyl (C=O) groups excluding carboxylic acids is 2. The summed E-state index contributed by atoms with van der Waals surface area (Å²) < 4.78 is 3.84. The molecule has 2 aliphatic heterocycles. The molecule has 3 aromatic rings. The molecule has 1 aromatic heterocycles. The fourth-order valence-electron chi connectivity index (χ4n) is 3.99. The van der Waals surface area contributed by atoms with E-state index in [1.54, 1.807) is 7.05 Å². The number of rotatable bonds is 2. The first-order valence-electron chi connectivity index (χ1n) is 9.50. The quantitative estimate of drug-likeness (QED) is 0.596. The molecule has 150 valence electrons. The van der Waals surface area contributed by atoms with Crippen LogP contribution in [0.4, 0.5) is 10.7 Å². The zero-order valence-corrected chi connectivity index (χ0v) is 17.5. The van der Waals surface area contributed by atoms with Gasteiger partial charge in [-0.15, -0.1) is 0 Å². The van der Waals surface area contributed by atoms with Crippen molar-refractivity contribution in [3.63, 3.8) is 0 Å². The minimum absolute atomic E-state index is 0.301. The Hall–Kier alpha value is -3.45. The number of amides is 3. The molecule has 0 aliphatic carbocycles. The van der Waals surface area contributed by atoms with E-state index in [-0.39, 0.29) is 11.9 Å². The number of imidazole rings is 1. The number of benzene rings is 2. The van der Waals surface area contributed by atoms with E-state index in [1.165, 1.54) is 11.9 Å². The Morgan fingerprint density at radius 1 is 1.03 bits per heavy atom. The van der Waals surface area contributed by atoms with Gasteiger partial charge in [0.25, 0.3) is 5.91 Å². The number of hydrogen-bond donors (Lipinski definition) is 0. The molecule has 1 saturated heterocycles. The van der Waals surface area contributed by atoms with Crippen molar-refractivity contribution in [1.82, 2.24) is 14.4 Å². The number of amidine groups is 1. The molecular formula is C22H19ClN5O2+. The second-order valence-electron chi connectivity index (χ2n) is 7.51. The first-order valence-corrected chi connectivity index (χ1v) is 9.88. The third kappa shape index (κ3) is 2.59. The number of hydrogen-bond acceptors (Lipinski definition) is 3. The Bertz CT molecular complexity index is 1240. The normalized spacial score (nSPS) is 17.9. The van der Waals surface area contributed by atoms with Gasteiger partial charge in [-0.05, 0) is 48.9 Å². The standard InChI is InChI=1S/C22H19ClN5O2/c1-13-5-4-6-16(11-13)28-17(14-7-9-15(23)10-8-14)12-27-18-19(24-21(27)28)25(2)22(30)26(3)20(18)29/h4-12,18H,1-3H3/q+1. The Morgan fingerprint density at radius 3 is 2.47 bits per heavy atom. The van der Waals surface area contributed by atoms with E-state index >= 15 is 0 Å². The van der Waals surface area contributed by atoms with Crippen molar-refractivity contribution in [2.75, 3.05) is 14.1 Å². The maximum atomic E-state index is 13.0. The lowest BCUT2D eigenvalue weighted by atomic mass is 10.1. The molecule has 0 radical (unpaired) electrons. The topological polar surface area (TPSA) is 61.8 Å². The number of imide groups is 1. The van der Waals surface area contributed by atoms with Crippen molar-refractivity contribution in [3.05, 3.63) is 65.3 Å². The van der Waals surface area contributed by atoms with Crippen LogP contribution in [0.5, 0.6) is 0 Å². The van der Waals surface area contributed by atoms with Crippen molar-refractivity contribution in [1.29, 1.82) is 0 Å². The monoisotopic (exact) mass is 420 g/mol. The minimum Gasteiger partial charge on any atom is -0.270 e. The summed E-state index contributed by atoms with van der Waals surface area (Å²) in [5.41, 5.74) is 3.85. The highest BCUT2D eigenvalue weighted by molar-refractivity contribution is 6.30. The SMILES string of the molecule is Cc1cccc(-n2c(-c3ccc(Cl)cc3)c[n+]3c2N=C2C3C(=O)N(C)C(=O)N2C)c1. The molecule has 1 unspecified atom stereocenters. The predicted molar refractivity (Wildman–Crippen MR) is 113 cm³/mol. The van der Waals surface area contributed by atoms with Gasteiger partial charge in [0.05, 0.1) is 0 Å². The van der Waals surface area contributed by atoms with Crippen LogP contribution in [0.3, 0.4) is 0 Å². The summed E-state index contributed by atoms with van der Waals surface area (Å²) in [5.74, 6) is 0.723. The van der Waals surface area contributed by atoms with Gasteiger partial charge in [0, 0.05) is 24.7 Å². The summed E-state index contributed by atoms with van der Waals surface area (Å²) in [5, 5.41) is 0.650. The molecule has 3 amide bonds. The van der Waals surface area contributed by atoms with Crippen LogP contribution in [0, 0.1) is 6.92 Å². The van der Waals surface area contributed by atoms with Gasteiger partial charge in [0.1, 0.15) is 17.6 Å². The Kier molecular flexibility index (Phi) is 4.04. The maximum Gasteiger partial charge on any atom is 0.407 e. The van der Waals surface area contributed by atoms with Gasteiger partial charge in [0.2, 0.25) is 11.9 Å². The lowest BCUT2D eigenvalue weighted by Gasteiger charge is -2.30. The molecule has 2 aromatic carbocycles. The second-order valence-corrected chi connectivity index (χ2v) is 7.95. The first kappa shape index (κ1) is 18.6. The Balaban J connectivity index is 1.78. The summed E-state index contributed by atoms with van der Waals surface area (Å²) in [4.78, 5) is 32.7. The zero-order valence-electron chi connectivity index (χ0n) is 16.7. The van der Waals surface area contributed by atoms with Gasteiger partial charge in [-0.25, -0.2) is 9.36 Å². The van der Waals surface area contributed by atoms with E-state index in [2.05, 4.69) is 6.07 Å². The predicted octanol–water partition coefficient (Wildman–Crippen LogP) is 3.50. The van der Waals surface area contributed by atoms with Crippen LogP contribution in [-0.2, 0) is 4.79 Å². The number of aliphatic imine (C=N–C) groups is 1. The number of aromatic nitrogens is 2. The number of nitrogens with zero attached hydrogens (tertiary/aromatic N) is 5. The van der Waals surface area contributed by atoms with Crippen LogP contribution < -0.4 is 4.57 Å². The average molecular weight is 421 g/mol. The Labute approximate surface area is 178 Å². The highest BCUT2D eigenvalue weighted by Crippen LogP contribution is 2.35. The van der Waals surface area contributed by atoms with E-state index < -0.39 is 6.04 Å². The van der Waals surface area contributed by atoms with Crippen molar-refractivity contribution < 1.29 is 14.2 Å². The van der Waals surface area contributed by atoms with Gasteiger partial charge < -0.3 is 0 Å². The lowest BCUT2D eigenvalue weighted by molar-refractivity contribution is -0.676. The van der Waals surface area contributed by atoms with Gasteiger partial charge in [-0.3, -0.25) is 14.6 Å². The van der Waals surface area contributed by atoms with E-state index in [9.17, 15) is 9.59 Å². The molecule has 5 rings (SSSR count). The molecule has 0 bridgehead atoms. The van der Waals surface area contributed by atoms with Crippen LogP contribution >= 0.6 is 11.6 Å². The molecule has 0 spiro atoms. The average Bonchev–Trinajstić information content (AvgIpc) is 3.27. The summed E-state index contributed by atoms with van der Waals surface area (Å²) >= 11 is 6.09. The summed E-state index contributed by atoms with van der Waals surface area (Å²) in [6.07, 6.45) is 1.91. The minimum atomic E-state index is -0.676. The van der Waals surface area contributed by atoms with Gasteiger partial charge >= 0.3 is 12.0 Å². The second kappa shape index (κ2) is 6.53. The van der Waals surface area contributed by atoms with Gasteiger partial charge in [-0.2, -0.15) is 4.57 Å². The highest BCUT2D eigenvalue weighted by Gasteiger charge is 2.52.